The monoisotopic (exact) mass is 339 g/mol. The van der Waals surface area contributed by atoms with E-state index in [2.05, 4.69) is 40.1 Å². The van der Waals surface area contributed by atoms with Crippen LogP contribution in [0.1, 0.15) is 42.9 Å². The Labute approximate surface area is 146 Å². The second-order valence-corrected chi connectivity index (χ2v) is 6.07. The minimum absolute atomic E-state index is 0.175. The molecule has 0 radical (unpaired) electrons. The van der Waals surface area contributed by atoms with E-state index in [1.165, 1.54) is 11.8 Å². The number of furan rings is 1. The zero-order valence-corrected chi connectivity index (χ0v) is 13.9. The molecule has 1 aliphatic carbocycles. The molecule has 3 rings (SSSR count). The number of benzene rings is 1. The molecule has 6 heteroatoms. The molecule has 1 saturated carbocycles. The summed E-state index contributed by atoms with van der Waals surface area (Å²) in [5.74, 6) is -0.359. The molecule has 25 heavy (non-hydrogen) atoms. The van der Waals surface area contributed by atoms with Crippen LogP contribution in [0, 0.1) is 0 Å². The smallest absolute Gasteiger partial charge is 0.329 e. The van der Waals surface area contributed by atoms with Crippen molar-refractivity contribution < 1.29 is 14.0 Å². The predicted octanol–water partition coefficient (Wildman–Crippen LogP) is 2.73. The van der Waals surface area contributed by atoms with E-state index in [0.717, 1.165) is 31.4 Å². The summed E-state index contributed by atoms with van der Waals surface area (Å²) in [5, 5.41) is 6.60. The van der Waals surface area contributed by atoms with E-state index in [1.54, 1.807) is 12.1 Å². The molecule has 0 saturated heterocycles. The minimum Gasteiger partial charge on any atom is -0.467 e. The lowest BCUT2D eigenvalue weighted by atomic mass is 9.83. The summed E-state index contributed by atoms with van der Waals surface area (Å²) in [4.78, 5) is 23.5. The number of nitrogens with zero attached hydrogens (tertiary/aromatic N) is 1. The summed E-state index contributed by atoms with van der Waals surface area (Å²) in [6.45, 7) is 0.175. The van der Waals surface area contributed by atoms with Crippen molar-refractivity contribution in [2.75, 3.05) is 0 Å². The summed E-state index contributed by atoms with van der Waals surface area (Å²) in [7, 11) is 0. The second-order valence-electron chi connectivity index (χ2n) is 6.07. The molecule has 1 heterocycles. The molecule has 1 aromatic heterocycles. The lowest BCUT2D eigenvalue weighted by molar-refractivity contribution is -0.139. The van der Waals surface area contributed by atoms with Gasteiger partial charge in [0.15, 0.2) is 0 Å². The van der Waals surface area contributed by atoms with Crippen LogP contribution in [-0.4, -0.2) is 17.5 Å². The highest BCUT2D eigenvalue weighted by Crippen LogP contribution is 2.31. The van der Waals surface area contributed by atoms with Crippen LogP contribution >= 0.6 is 0 Å². The van der Waals surface area contributed by atoms with Crippen molar-refractivity contribution in [2.45, 2.75) is 38.1 Å². The molecule has 2 amide bonds. The van der Waals surface area contributed by atoms with E-state index in [9.17, 15) is 9.59 Å². The number of nitrogens with one attached hydrogen (secondary N) is 2. The number of rotatable bonds is 4. The van der Waals surface area contributed by atoms with E-state index >= 15 is 0 Å². The number of hydrogen-bond donors (Lipinski definition) is 2. The van der Waals surface area contributed by atoms with Gasteiger partial charge < -0.3 is 9.73 Å². The average Bonchev–Trinajstić information content (AvgIpc) is 3.19. The van der Waals surface area contributed by atoms with Gasteiger partial charge in [-0.15, -0.1) is 0 Å². The Morgan fingerprint density at radius 1 is 1.04 bits per heavy atom. The average molecular weight is 339 g/mol. The number of hydrogen-bond acceptors (Lipinski definition) is 4. The molecule has 0 atom stereocenters. The molecule has 1 aliphatic rings. The maximum atomic E-state index is 11.8. The summed E-state index contributed by atoms with van der Waals surface area (Å²) in [6, 6.07) is 13.9. The first-order valence-corrected chi connectivity index (χ1v) is 8.43. The van der Waals surface area contributed by atoms with Crippen molar-refractivity contribution in [1.82, 2.24) is 10.7 Å². The molecular weight excluding hydrogens is 318 g/mol. The number of carbonyl (C=O) groups is 2. The van der Waals surface area contributed by atoms with Gasteiger partial charge in [0.25, 0.3) is 0 Å². The summed E-state index contributed by atoms with van der Waals surface area (Å²) in [5.41, 5.74) is 4.62. The molecule has 1 fully saturated rings. The number of amides is 2. The van der Waals surface area contributed by atoms with Gasteiger partial charge in [0.1, 0.15) is 5.76 Å². The first-order chi connectivity index (χ1) is 12.2. The fourth-order valence-electron chi connectivity index (χ4n) is 2.96. The van der Waals surface area contributed by atoms with Gasteiger partial charge in [-0.2, -0.15) is 5.10 Å². The van der Waals surface area contributed by atoms with E-state index in [1.807, 2.05) is 6.07 Å². The van der Waals surface area contributed by atoms with Gasteiger partial charge >= 0.3 is 11.8 Å². The lowest BCUT2D eigenvalue weighted by Crippen LogP contribution is -2.37. The van der Waals surface area contributed by atoms with Crippen molar-refractivity contribution >= 4 is 17.5 Å². The molecular formula is C19H21N3O3. The predicted molar refractivity (Wildman–Crippen MR) is 93.8 cm³/mol. The van der Waals surface area contributed by atoms with Gasteiger partial charge in [-0.25, -0.2) is 5.43 Å². The van der Waals surface area contributed by atoms with Gasteiger partial charge in [-0.05, 0) is 49.3 Å². The van der Waals surface area contributed by atoms with Gasteiger partial charge in [0.2, 0.25) is 0 Å². The summed E-state index contributed by atoms with van der Waals surface area (Å²) < 4.78 is 5.09. The molecule has 2 aromatic rings. The maximum absolute atomic E-state index is 11.8. The van der Waals surface area contributed by atoms with Crippen LogP contribution in [0.15, 0.2) is 58.2 Å². The van der Waals surface area contributed by atoms with Crippen molar-refractivity contribution in [3.63, 3.8) is 0 Å². The third kappa shape index (κ3) is 4.79. The highest BCUT2D eigenvalue weighted by molar-refractivity contribution is 6.35. The van der Waals surface area contributed by atoms with Crippen LogP contribution < -0.4 is 10.7 Å². The normalized spacial score (nSPS) is 17.0. The molecule has 1 aromatic carbocycles. The number of hydrazone groups is 1. The van der Waals surface area contributed by atoms with Crippen molar-refractivity contribution in [2.24, 2.45) is 5.10 Å². The van der Waals surface area contributed by atoms with E-state index in [0.29, 0.717) is 11.7 Å². The van der Waals surface area contributed by atoms with Gasteiger partial charge in [-0.3, -0.25) is 9.59 Å². The van der Waals surface area contributed by atoms with Crippen LogP contribution in [0.2, 0.25) is 0 Å². The largest absolute Gasteiger partial charge is 0.467 e. The fourth-order valence-corrected chi connectivity index (χ4v) is 2.96. The zero-order chi connectivity index (χ0) is 17.5. The summed E-state index contributed by atoms with van der Waals surface area (Å²) >= 11 is 0. The highest BCUT2D eigenvalue weighted by atomic mass is 16.3. The first-order valence-electron chi connectivity index (χ1n) is 8.43. The maximum Gasteiger partial charge on any atom is 0.329 e. The van der Waals surface area contributed by atoms with Crippen LogP contribution in [0.4, 0.5) is 0 Å². The zero-order valence-electron chi connectivity index (χ0n) is 13.9. The highest BCUT2D eigenvalue weighted by Gasteiger charge is 2.20. The third-order valence-electron chi connectivity index (χ3n) is 4.36. The Bertz CT molecular complexity index is 729. The van der Waals surface area contributed by atoms with Crippen LogP contribution in [-0.2, 0) is 16.1 Å². The lowest BCUT2D eigenvalue weighted by Gasteiger charge is -2.23. The SMILES string of the molecule is O=C(NCc1ccco1)C(=O)NN=C1CCC(c2ccccc2)CC1. The Hall–Kier alpha value is -2.89. The van der Waals surface area contributed by atoms with E-state index in [4.69, 9.17) is 4.42 Å². The Balaban J connectivity index is 1.43. The second kappa shape index (κ2) is 8.28. The van der Waals surface area contributed by atoms with Gasteiger partial charge in [0.05, 0.1) is 12.8 Å². The van der Waals surface area contributed by atoms with Crippen LogP contribution in [0.5, 0.6) is 0 Å². The minimum atomic E-state index is -0.760. The molecule has 2 N–H and O–H groups in total. The molecule has 0 aliphatic heterocycles. The molecule has 0 unspecified atom stereocenters. The Kier molecular flexibility index (Phi) is 5.61. The van der Waals surface area contributed by atoms with Crippen molar-refractivity contribution in [1.29, 1.82) is 0 Å². The van der Waals surface area contributed by atoms with Crippen molar-refractivity contribution in [3.05, 3.63) is 60.1 Å². The molecule has 0 spiro atoms. The fraction of sp³-hybridized carbons (Fsp3) is 0.316. The quantitative estimate of drug-likeness (QED) is 0.663. The number of carbonyl (C=O) groups excluding carboxylic acids is 2. The third-order valence-corrected chi connectivity index (χ3v) is 4.36. The Morgan fingerprint density at radius 2 is 1.80 bits per heavy atom. The standard InChI is InChI=1S/C19H21N3O3/c23-18(20-13-17-7-4-12-25-17)19(24)22-21-16-10-8-15(9-11-16)14-5-2-1-3-6-14/h1-7,12,15H,8-11,13H2,(H,20,23)(H,22,24). The van der Waals surface area contributed by atoms with Gasteiger partial charge in [-0.1, -0.05) is 30.3 Å². The van der Waals surface area contributed by atoms with E-state index < -0.39 is 11.8 Å². The Morgan fingerprint density at radius 3 is 2.48 bits per heavy atom. The molecule has 130 valence electrons. The van der Waals surface area contributed by atoms with E-state index in [-0.39, 0.29) is 6.54 Å². The van der Waals surface area contributed by atoms with Crippen molar-refractivity contribution in [3.8, 4) is 0 Å². The summed E-state index contributed by atoms with van der Waals surface area (Å²) in [6.07, 6.45) is 5.17. The van der Waals surface area contributed by atoms with Gasteiger partial charge in [0, 0.05) is 5.71 Å². The molecule has 6 nitrogen and oxygen atoms in total. The van der Waals surface area contributed by atoms with Crippen LogP contribution in [0.3, 0.4) is 0 Å². The van der Waals surface area contributed by atoms with Crippen LogP contribution in [0.25, 0.3) is 0 Å². The topological polar surface area (TPSA) is 83.7 Å². The molecule has 0 bridgehead atoms. The first kappa shape index (κ1) is 17.0.